The number of rotatable bonds is 5. The second kappa shape index (κ2) is 7.22. The van der Waals surface area contributed by atoms with E-state index in [0.717, 1.165) is 19.6 Å². The number of hydrogen-bond acceptors (Lipinski definition) is 3. The molecule has 28 heavy (non-hydrogen) atoms. The van der Waals surface area contributed by atoms with Crippen LogP contribution >= 0.6 is 0 Å². The second-order valence-corrected chi connectivity index (χ2v) is 7.61. The minimum absolute atomic E-state index is 0.0604. The van der Waals surface area contributed by atoms with Crippen molar-refractivity contribution in [2.24, 2.45) is 5.92 Å². The van der Waals surface area contributed by atoms with Crippen LogP contribution in [0, 0.1) is 5.92 Å². The molecule has 1 amide bonds. The van der Waals surface area contributed by atoms with Crippen molar-refractivity contribution < 1.29 is 18.0 Å². The van der Waals surface area contributed by atoms with Gasteiger partial charge in [0.15, 0.2) is 0 Å². The number of benzene rings is 2. The van der Waals surface area contributed by atoms with Gasteiger partial charge in [-0.05, 0) is 48.4 Å². The summed E-state index contributed by atoms with van der Waals surface area (Å²) in [5, 5.41) is 3.23. The van der Waals surface area contributed by atoms with Crippen molar-refractivity contribution in [1.29, 1.82) is 0 Å². The lowest BCUT2D eigenvalue weighted by Gasteiger charge is -2.36. The van der Waals surface area contributed by atoms with Gasteiger partial charge in [-0.2, -0.15) is 13.2 Å². The summed E-state index contributed by atoms with van der Waals surface area (Å²) in [5.41, 5.74) is 0.592. The van der Waals surface area contributed by atoms with Gasteiger partial charge in [0.1, 0.15) is 0 Å². The molecular weight excluding hydrogens is 367 g/mol. The van der Waals surface area contributed by atoms with Crippen LogP contribution in [0.4, 0.5) is 18.9 Å². The number of halogens is 3. The van der Waals surface area contributed by atoms with Crippen molar-refractivity contribution in [2.75, 3.05) is 31.6 Å². The molecule has 0 unspecified atom stereocenters. The van der Waals surface area contributed by atoms with Crippen molar-refractivity contribution in [3.63, 3.8) is 0 Å². The molecular formula is C21H22F3N3O. The smallest absolute Gasteiger partial charge is 0.312 e. The van der Waals surface area contributed by atoms with Crippen LogP contribution < -0.4 is 10.2 Å². The molecule has 0 bridgehead atoms. The Morgan fingerprint density at radius 3 is 2.50 bits per heavy atom. The fraction of sp³-hybridized carbons (Fsp3) is 0.381. The van der Waals surface area contributed by atoms with Gasteiger partial charge in [0.25, 0.3) is 5.91 Å². The first kappa shape index (κ1) is 19.0. The predicted octanol–water partition coefficient (Wildman–Crippen LogP) is 3.52. The molecule has 0 aromatic heterocycles. The number of nitrogens with one attached hydrogen (secondary N) is 1. The zero-order valence-electron chi connectivity index (χ0n) is 15.6. The molecule has 4 rings (SSSR count). The van der Waals surface area contributed by atoms with Gasteiger partial charge in [-0.15, -0.1) is 0 Å². The first-order chi connectivity index (χ1) is 13.3. The number of carbonyl (C=O) groups excluding carboxylic acids is 1. The maximum atomic E-state index is 13.7. The summed E-state index contributed by atoms with van der Waals surface area (Å²) in [6.07, 6.45) is -4.50. The molecule has 2 heterocycles. The second-order valence-electron chi connectivity index (χ2n) is 7.61. The number of likely N-dealkylation sites (tertiary alicyclic amines) is 1. The third-order valence-corrected chi connectivity index (χ3v) is 5.38. The van der Waals surface area contributed by atoms with E-state index in [1.54, 1.807) is 30.3 Å². The molecule has 0 spiro atoms. The fourth-order valence-corrected chi connectivity index (χ4v) is 4.02. The molecule has 0 atom stereocenters. The quantitative estimate of drug-likeness (QED) is 0.850. The third kappa shape index (κ3) is 3.64. The molecule has 1 fully saturated rings. The van der Waals surface area contributed by atoms with E-state index in [4.69, 9.17) is 0 Å². The Kier molecular flexibility index (Phi) is 4.89. The topological polar surface area (TPSA) is 35.6 Å². The van der Waals surface area contributed by atoms with E-state index in [2.05, 4.69) is 10.2 Å². The van der Waals surface area contributed by atoms with E-state index < -0.39 is 11.7 Å². The maximum Gasteiger partial charge on any atom is 0.416 e. The summed E-state index contributed by atoms with van der Waals surface area (Å²) in [4.78, 5) is 16.4. The van der Waals surface area contributed by atoms with E-state index in [0.29, 0.717) is 23.7 Å². The lowest BCUT2D eigenvalue weighted by molar-refractivity contribution is -0.138. The minimum atomic E-state index is -4.50. The lowest BCUT2D eigenvalue weighted by atomic mass is 9.98. The maximum absolute atomic E-state index is 13.7. The molecule has 2 aromatic carbocycles. The van der Waals surface area contributed by atoms with Gasteiger partial charge >= 0.3 is 6.18 Å². The van der Waals surface area contributed by atoms with Gasteiger partial charge in [-0.1, -0.05) is 18.2 Å². The Bertz CT molecular complexity index is 876. The fourth-order valence-electron chi connectivity index (χ4n) is 4.02. The van der Waals surface area contributed by atoms with Gasteiger partial charge in [0.2, 0.25) is 0 Å². The zero-order valence-corrected chi connectivity index (χ0v) is 15.6. The van der Waals surface area contributed by atoms with Crippen LogP contribution in [0.3, 0.4) is 0 Å². The molecule has 2 aromatic rings. The highest BCUT2D eigenvalue weighted by molar-refractivity contribution is 6.10. The van der Waals surface area contributed by atoms with Crippen LogP contribution in [-0.4, -0.2) is 37.5 Å². The number of fused-ring (bicyclic) bond motifs is 1. The van der Waals surface area contributed by atoms with E-state index in [1.165, 1.54) is 11.0 Å². The lowest BCUT2D eigenvalue weighted by Crippen LogP contribution is -2.48. The van der Waals surface area contributed by atoms with Crippen molar-refractivity contribution >= 4 is 11.6 Å². The van der Waals surface area contributed by atoms with Crippen LogP contribution in [0.2, 0.25) is 0 Å². The molecule has 2 aliphatic rings. The van der Waals surface area contributed by atoms with Crippen LogP contribution in [0.5, 0.6) is 0 Å². The molecule has 4 nitrogen and oxygen atoms in total. The largest absolute Gasteiger partial charge is 0.416 e. The zero-order chi connectivity index (χ0) is 19.9. The van der Waals surface area contributed by atoms with Gasteiger partial charge < -0.3 is 15.1 Å². The van der Waals surface area contributed by atoms with Crippen LogP contribution in [0.25, 0.3) is 0 Å². The Balaban J connectivity index is 1.58. The number of amides is 1. The van der Waals surface area contributed by atoms with Crippen LogP contribution in [0.1, 0.15) is 27.0 Å². The van der Waals surface area contributed by atoms with E-state index in [9.17, 15) is 18.0 Å². The molecule has 0 radical (unpaired) electrons. The SMILES string of the molecule is CN1CC(CNCc2cc3c(c(C(F)(F)F)c2)CN(c2ccccc2)C3=O)C1. The average molecular weight is 389 g/mol. The Labute approximate surface area is 161 Å². The highest BCUT2D eigenvalue weighted by atomic mass is 19.4. The number of anilines is 1. The number of para-hydroxylation sites is 1. The minimum Gasteiger partial charge on any atom is -0.312 e. The Morgan fingerprint density at radius 1 is 1.14 bits per heavy atom. The Hall–Kier alpha value is -2.38. The van der Waals surface area contributed by atoms with Crippen LogP contribution in [0.15, 0.2) is 42.5 Å². The first-order valence-corrected chi connectivity index (χ1v) is 9.32. The summed E-state index contributed by atoms with van der Waals surface area (Å²) < 4.78 is 41.0. The summed E-state index contributed by atoms with van der Waals surface area (Å²) in [5.74, 6) is 0.144. The first-order valence-electron chi connectivity index (χ1n) is 9.32. The van der Waals surface area contributed by atoms with Crippen LogP contribution in [-0.2, 0) is 19.3 Å². The van der Waals surface area contributed by atoms with Gasteiger partial charge in [-0.25, -0.2) is 0 Å². The monoisotopic (exact) mass is 389 g/mol. The molecule has 1 saturated heterocycles. The number of carbonyl (C=O) groups is 1. The van der Waals surface area contributed by atoms with Crippen molar-refractivity contribution in [3.05, 3.63) is 64.7 Å². The average Bonchev–Trinajstić information content (AvgIpc) is 2.96. The number of nitrogens with zero attached hydrogens (tertiary/aromatic N) is 2. The normalized spacial score (nSPS) is 17.7. The molecule has 1 N–H and O–H groups in total. The van der Waals surface area contributed by atoms with Crippen molar-refractivity contribution in [1.82, 2.24) is 10.2 Å². The van der Waals surface area contributed by atoms with Crippen molar-refractivity contribution in [2.45, 2.75) is 19.3 Å². The number of alkyl halides is 3. The number of hydrogen-bond donors (Lipinski definition) is 1. The summed E-state index contributed by atoms with van der Waals surface area (Å²) in [6, 6.07) is 11.6. The standard InChI is InChI=1S/C21H22F3N3O/c1-26-11-15(12-26)10-25-9-14-7-17-18(19(8-14)21(22,23)24)13-27(20(17)28)16-5-3-2-4-6-16/h2-8,15,25H,9-13H2,1H3. The molecule has 148 valence electrons. The van der Waals surface area contributed by atoms with E-state index in [1.807, 2.05) is 13.1 Å². The highest BCUT2D eigenvalue weighted by Crippen LogP contribution is 2.39. The molecule has 0 saturated carbocycles. The summed E-state index contributed by atoms with van der Waals surface area (Å²) in [7, 11) is 2.04. The summed E-state index contributed by atoms with van der Waals surface area (Å²) in [6.45, 7) is 3.00. The highest BCUT2D eigenvalue weighted by Gasteiger charge is 2.40. The van der Waals surface area contributed by atoms with E-state index >= 15 is 0 Å². The predicted molar refractivity (Wildman–Crippen MR) is 101 cm³/mol. The van der Waals surface area contributed by atoms with Gasteiger partial charge in [0, 0.05) is 37.4 Å². The van der Waals surface area contributed by atoms with E-state index in [-0.39, 0.29) is 23.6 Å². The van der Waals surface area contributed by atoms with Crippen molar-refractivity contribution in [3.8, 4) is 0 Å². The van der Waals surface area contributed by atoms with Gasteiger partial charge in [-0.3, -0.25) is 4.79 Å². The molecule has 2 aliphatic heterocycles. The Morgan fingerprint density at radius 2 is 1.86 bits per heavy atom. The van der Waals surface area contributed by atoms with Gasteiger partial charge in [0.05, 0.1) is 12.1 Å². The molecule has 0 aliphatic carbocycles. The molecule has 7 heteroatoms. The summed E-state index contributed by atoms with van der Waals surface area (Å²) >= 11 is 0. The third-order valence-electron chi connectivity index (χ3n) is 5.38.